The second-order valence-corrected chi connectivity index (χ2v) is 6.38. The number of halogens is 1. The Morgan fingerprint density at radius 2 is 2.25 bits per heavy atom. The lowest BCUT2D eigenvalue weighted by molar-refractivity contribution is 0.265. The normalized spacial score (nSPS) is 19.6. The first-order chi connectivity index (χ1) is 9.42. The molecule has 0 spiro atoms. The second kappa shape index (κ2) is 6.06. The third-order valence-corrected chi connectivity index (χ3v) is 3.62. The third-order valence-electron chi connectivity index (χ3n) is 3.62. The van der Waals surface area contributed by atoms with Gasteiger partial charge >= 0.3 is 0 Å². The SMILES string of the molecule is CC(C)(C)NCc1ccnc(N2CCCC2CO)c1F. The number of nitrogens with one attached hydrogen (secondary N) is 1. The summed E-state index contributed by atoms with van der Waals surface area (Å²) in [6.07, 6.45) is 3.50. The van der Waals surface area contributed by atoms with Crippen LogP contribution in [-0.4, -0.2) is 34.8 Å². The quantitative estimate of drug-likeness (QED) is 0.887. The van der Waals surface area contributed by atoms with Crippen molar-refractivity contribution >= 4 is 5.82 Å². The minimum Gasteiger partial charge on any atom is -0.394 e. The highest BCUT2D eigenvalue weighted by atomic mass is 19.1. The van der Waals surface area contributed by atoms with Crippen LogP contribution in [0.5, 0.6) is 0 Å². The topological polar surface area (TPSA) is 48.4 Å². The molecular weight excluding hydrogens is 257 g/mol. The molecule has 1 saturated heterocycles. The molecule has 4 nitrogen and oxygen atoms in total. The van der Waals surface area contributed by atoms with E-state index in [0.29, 0.717) is 17.9 Å². The van der Waals surface area contributed by atoms with E-state index in [2.05, 4.69) is 31.1 Å². The van der Waals surface area contributed by atoms with Crippen molar-refractivity contribution < 1.29 is 9.50 Å². The van der Waals surface area contributed by atoms with Gasteiger partial charge in [-0.1, -0.05) is 0 Å². The van der Waals surface area contributed by atoms with Gasteiger partial charge in [0.1, 0.15) is 0 Å². The molecule has 2 N–H and O–H groups in total. The first-order valence-electron chi connectivity index (χ1n) is 7.18. The van der Waals surface area contributed by atoms with E-state index in [-0.39, 0.29) is 24.0 Å². The van der Waals surface area contributed by atoms with Gasteiger partial charge in [0.25, 0.3) is 0 Å². The van der Waals surface area contributed by atoms with Crippen LogP contribution in [0.15, 0.2) is 12.3 Å². The summed E-state index contributed by atoms with van der Waals surface area (Å²) in [5.41, 5.74) is 0.561. The molecule has 1 unspecified atom stereocenters. The number of aromatic nitrogens is 1. The lowest BCUT2D eigenvalue weighted by Gasteiger charge is -2.26. The number of aliphatic hydroxyl groups is 1. The van der Waals surface area contributed by atoms with Crippen LogP contribution in [0.25, 0.3) is 0 Å². The van der Waals surface area contributed by atoms with Gasteiger partial charge in [-0.05, 0) is 39.7 Å². The van der Waals surface area contributed by atoms with Crippen LogP contribution in [-0.2, 0) is 6.54 Å². The Balaban J connectivity index is 2.19. The maximum atomic E-state index is 14.6. The summed E-state index contributed by atoms with van der Waals surface area (Å²) in [5.74, 6) is 0.0966. The van der Waals surface area contributed by atoms with E-state index in [1.165, 1.54) is 0 Å². The number of nitrogens with zero attached hydrogens (tertiary/aromatic N) is 2. The van der Waals surface area contributed by atoms with Crippen molar-refractivity contribution in [3.8, 4) is 0 Å². The van der Waals surface area contributed by atoms with Gasteiger partial charge in [-0.25, -0.2) is 9.37 Å². The molecule has 1 fully saturated rings. The molecule has 5 heteroatoms. The predicted molar refractivity (Wildman–Crippen MR) is 78.2 cm³/mol. The van der Waals surface area contributed by atoms with Gasteiger partial charge in [0, 0.05) is 30.4 Å². The summed E-state index contributed by atoms with van der Waals surface area (Å²) in [5, 5.41) is 12.7. The van der Waals surface area contributed by atoms with Gasteiger partial charge < -0.3 is 15.3 Å². The van der Waals surface area contributed by atoms with Crippen LogP contribution < -0.4 is 10.2 Å². The predicted octanol–water partition coefficient (Wildman–Crippen LogP) is 2.07. The monoisotopic (exact) mass is 281 g/mol. The second-order valence-electron chi connectivity index (χ2n) is 6.38. The first kappa shape index (κ1) is 15.2. The zero-order valence-electron chi connectivity index (χ0n) is 12.5. The van der Waals surface area contributed by atoms with Crippen LogP contribution in [0.1, 0.15) is 39.2 Å². The van der Waals surface area contributed by atoms with Crippen molar-refractivity contribution in [2.45, 2.75) is 51.7 Å². The number of hydrogen-bond acceptors (Lipinski definition) is 4. The van der Waals surface area contributed by atoms with E-state index >= 15 is 0 Å². The molecule has 0 saturated carbocycles. The lowest BCUT2D eigenvalue weighted by Crippen LogP contribution is -2.36. The molecule has 1 aromatic rings. The van der Waals surface area contributed by atoms with E-state index in [9.17, 15) is 9.50 Å². The summed E-state index contributed by atoms with van der Waals surface area (Å²) in [4.78, 5) is 6.06. The Bertz CT molecular complexity index is 459. The van der Waals surface area contributed by atoms with Crippen molar-refractivity contribution in [1.82, 2.24) is 10.3 Å². The Labute approximate surface area is 120 Å². The van der Waals surface area contributed by atoms with Crippen molar-refractivity contribution in [1.29, 1.82) is 0 Å². The Hall–Kier alpha value is -1.20. The third kappa shape index (κ3) is 3.46. The summed E-state index contributed by atoms with van der Waals surface area (Å²) in [7, 11) is 0. The van der Waals surface area contributed by atoms with Gasteiger partial charge in [-0.2, -0.15) is 0 Å². The number of pyridine rings is 1. The molecular formula is C15H24FN3O. The first-order valence-corrected chi connectivity index (χ1v) is 7.18. The molecule has 20 heavy (non-hydrogen) atoms. The molecule has 0 amide bonds. The fourth-order valence-corrected chi connectivity index (χ4v) is 2.47. The van der Waals surface area contributed by atoms with Crippen LogP contribution in [0.4, 0.5) is 10.2 Å². The number of hydrogen-bond donors (Lipinski definition) is 2. The van der Waals surface area contributed by atoms with Crippen LogP contribution in [0.3, 0.4) is 0 Å². The lowest BCUT2D eigenvalue weighted by atomic mass is 10.1. The number of anilines is 1. The molecule has 2 heterocycles. The maximum absolute atomic E-state index is 14.6. The highest BCUT2D eigenvalue weighted by molar-refractivity contribution is 5.45. The standard InChI is InChI=1S/C15H24FN3O/c1-15(2,3)18-9-11-6-7-17-14(13(11)16)19-8-4-5-12(19)10-20/h6-7,12,18,20H,4-5,8-10H2,1-3H3. The molecule has 0 bridgehead atoms. The minimum atomic E-state index is -0.274. The molecule has 2 rings (SSSR count). The van der Waals surface area contributed by atoms with E-state index in [1.54, 1.807) is 12.3 Å². The van der Waals surface area contributed by atoms with Gasteiger partial charge in [-0.3, -0.25) is 0 Å². The summed E-state index contributed by atoms with van der Waals surface area (Å²) < 4.78 is 14.6. The van der Waals surface area contributed by atoms with E-state index in [4.69, 9.17) is 0 Å². The van der Waals surface area contributed by atoms with E-state index in [1.807, 2.05) is 4.90 Å². The Kier molecular flexibility index (Phi) is 4.60. The molecule has 112 valence electrons. The summed E-state index contributed by atoms with van der Waals surface area (Å²) >= 11 is 0. The minimum absolute atomic E-state index is 0.0113. The molecule has 0 aromatic carbocycles. The van der Waals surface area contributed by atoms with Crippen LogP contribution in [0.2, 0.25) is 0 Å². The summed E-state index contributed by atoms with van der Waals surface area (Å²) in [6.45, 7) is 7.43. The fourth-order valence-electron chi connectivity index (χ4n) is 2.47. The Morgan fingerprint density at radius 3 is 2.90 bits per heavy atom. The number of aliphatic hydroxyl groups excluding tert-OH is 1. The molecule has 1 aliphatic rings. The largest absolute Gasteiger partial charge is 0.394 e. The van der Waals surface area contributed by atoms with Crippen molar-refractivity contribution in [2.24, 2.45) is 0 Å². The molecule has 0 radical (unpaired) electrons. The van der Waals surface area contributed by atoms with Crippen molar-refractivity contribution in [3.63, 3.8) is 0 Å². The average Bonchev–Trinajstić information content (AvgIpc) is 2.84. The number of rotatable bonds is 4. The highest BCUT2D eigenvalue weighted by Crippen LogP contribution is 2.27. The molecule has 0 aliphatic carbocycles. The van der Waals surface area contributed by atoms with Crippen LogP contribution in [0, 0.1) is 5.82 Å². The highest BCUT2D eigenvalue weighted by Gasteiger charge is 2.28. The van der Waals surface area contributed by atoms with Gasteiger partial charge in [0.05, 0.1) is 12.6 Å². The zero-order chi connectivity index (χ0) is 14.8. The fraction of sp³-hybridized carbons (Fsp3) is 0.667. The molecule has 1 atom stereocenters. The Morgan fingerprint density at radius 1 is 1.50 bits per heavy atom. The van der Waals surface area contributed by atoms with E-state index < -0.39 is 0 Å². The van der Waals surface area contributed by atoms with E-state index in [0.717, 1.165) is 19.4 Å². The smallest absolute Gasteiger partial charge is 0.170 e. The molecule has 1 aromatic heterocycles. The van der Waals surface area contributed by atoms with Gasteiger partial charge in [0.15, 0.2) is 11.6 Å². The van der Waals surface area contributed by atoms with Crippen molar-refractivity contribution in [3.05, 3.63) is 23.6 Å². The molecule has 1 aliphatic heterocycles. The zero-order valence-corrected chi connectivity index (χ0v) is 12.5. The average molecular weight is 281 g/mol. The summed E-state index contributed by atoms with van der Waals surface area (Å²) in [6, 6.07) is 1.70. The van der Waals surface area contributed by atoms with Gasteiger partial charge in [-0.15, -0.1) is 0 Å². The van der Waals surface area contributed by atoms with Crippen LogP contribution >= 0.6 is 0 Å². The van der Waals surface area contributed by atoms with Gasteiger partial charge in [0.2, 0.25) is 0 Å². The van der Waals surface area contributed by atoms with Crippen molar-refractivity contribution in [2.75, 3.05) is 18.1 Å². The maximum Gasteiger partial charge on any atom is 0.170 e.